The minimum absolute atomic E-state index is 0.0646. The van der Waals surface area contributed by atoms with Crippen molar-refractivity contribution in [1.29, 1.82) is 0 Å². The van der Waals surface area contributed by atoms with E-state index in [0.717, 1.165) is 11.1 Å². The van der Waals surface area contributed by atoms with Crippen LogP contribution >= 0.6 is 0 Å². The van der Waals surface area contributed by atoms with E-state index in [4.69, 9.17) is 18.6 Å². The SMILES string of the molecule is CC(C)(C)[Si](C)(C)O[C@H]1C(O)O[C@H](CO)[C@@H](OCc2ccccc2)[C@@H]1OCc1ccccc1. The molecule has 0 aromatic heterocycles. The second kappa shape index (κ2) is 11.2. The minimum atomic E-state index is -2.27. The number of hydrogen-bond acceptors (Lipinski definition) is 6. The van der Waals surface area contributed by atoms with Crippen molar-refractivity contribution < 1.29 is 28.8 Å². The molecule has 2 aromatic carbocycles. The molecule has 1 saturated heterocycles. The summed E-state index contributed by atoms with van der Waals surface area (Å²) in [4.78, 5) is 0. The van der Waals surface area contributed by atoms with Gasteiger partial charge >= 0.3 is 0 Å². The fourth-order valence-electron chi connectivity index (χ4n) is 3.61. The van der Waals surface area contributed by atoms with Gasteiger partial charge < -0.3 is 28.8 Å². The second-order valence-corrected chi connectivity index (χ2v) is 14.9. The van der Waals surface area contributed by atoms with Crippen LogP contribution in [0.15, 0.2) is 60.7 Å². The van der Waals surface area contributed by atoms with Crippen LogP contribution in [0.25, 0.3) is 0 Å². The lowest BCUT2D eigenvalue weighted by molar-refractivity contribution is -0.301. The smallest absolute Gasteiger partial charge is 0.192 e. The van der Waals surface area contributed by atoms with E-state index in [9.17, 15) is 10.2 Å². The van der Waals surface area contributed by atoms with Crippen molar-refractivity contribution in [3.63, 3.8) is 0 Å². The minimum Gasteiger partial charge on any atom is -0.406 e. The van der Waals surface area contributed by atoms with Gasteiger partial charge in [-0.2, -0.15) is 0 Å². The lowest BCUT2D eigenvalue weighted by atomic mass is 9.98. The van der Waals surface area contributed by atoms with Gasteiger partial charge in [0.25, 0.3) is 0 Å². The maximum atomic E-state index is 10.9. The summed E-state index contributed by atoms with van der Waals surface area (Å²) in [5, 5.41) is 20.9. The molecule has 7 heteroatoms. The first kappa shape index (κ1) is 26.0. The van der Waals surface area contributed by atoms with Gasteiger partial charge in [0.2, 0.25) is 0 Å². The van der Waals surface area contributed by atoms with E-state index in [0.29, 0.717) is 13.2 Å². The molecule has 1 aliphatic rings. The number of benzene rings is 2. The zero-order valence-electron chi connectivity index (χ0n) is 20.3. The van der Waals surface area contributed by atoms with Crippen LogP contribution in [-0.4, -0.2) is 55.8 Å². The lowest BCUT2D eigenvalue weighted by Gasteiger charge is -2.48. The Morgan fingerprint density at radius 1 is 0.818 bits per heavy atom. The maximum Gasteiger partial charge on any atom is 0.192 e. The van der Waals surface area contributed by atoms with Crippen LogP contribution in [0.4, 0.5) is 0 Å². The quantitative estimate of drug-likeness (QED) is 0.529. The van der Waals surface area contributed by atoms with Crippen molar-refractivity contribution in [2.24, 2.45) is 0 Å². The van der Waals surface area contributed by atoms with Crippen molar-refractivity contribution in [2.75, 3.05) is 6.61 Å². The largest absolute Gasteiger partial charge is 0.406 e. The van der Waals surface area contributed by atoms with Gasteiger partial charge in [-0.25, -0.2) is 0 Å². The molecule has 5 atom stereocenters. The second-order valence-electron chi connectivity index (χ2n) is 10.1. The molecule has 33 heavy (non-hydrogen) atoms. The van der Waals surface area contributed by atoms with E-state index in [1.165, 1.54) is 0 Å². The molecule has 1 unspecified atom stereocenters. The zero-order valence-corrected chi connectivity index (χ0v) is 21.3. The average Bonchev–Trinajstić information content (AvgIpc) is 2.78. The Labute approximate surface area is 198 Å². The first-order valence-electron chi connectivity index (χ1n) is 11.6. The average molecular weight is 475 g/mol. The Bertz CT molecular complexity index is 839. The van der Waals surface area contributed by atoms with Crippen LogP contribution in [0.1, 0.15) is 31.9 Å². The molecule has 1 fully saturated rings. The normalized spacial score (nSPS) is 26.3. The third kappa shape index (κ3) is 6.73. The number of aliphatic hydroxyl groups excluding tert-OH is 2. The molecular weight excluding hydrogens is 436 g/mol. The molecule has 1 heterocycles. The highest BCUT2D eigenvalue weighted by Gasteiger charge is 2.51. The highest BCUT2D eigenvalue weighted by Crippen LogP contribution is 2.40. The Balaban J connectivity index is 1.87. The van der Waals surface area contributed by atoms with Crippen molar-refractivity contribution in [3.05, 3.63) is 71.8 Å². The van der Waals surface area contributed by atoms with E-state index in [-0.39, 0.29) is 11.6 Å². The summed E-state index contributed by atoms with van der Waals surface area (Å²) in [6.45, 7) is 11.1. The number of aliphatic hydroxyl groups is 2. The van der Waals surface area contributed by atoms with Crippen LogP contribution in [0.2, 0.25) is 18.1 Å². The number of ether oxygens (including phenoxy) is 3. The fourth-order valence-corrected chi connectivity index (χ4v) is 4.89. The van der Waals surface area contributed by atoms with Gasteiger partial charge in [0.05, 0.1) is 19.8 Å². The topological polar surface area (TPSA) is 77.4 Å². The molecule has 0 saturated carbocycles. The van der Waals surface area contributed by atoms with Gasteiger partial charge in [-0.3, -0.25) is 0 Å². The molecule has 0 bridgehead atoms. The summed E-state index contributed by atoms with van der Waals surface area (Å²) in [5.41, 5.74) is 2.01. The third-order valence-corrected chi connectivity index (χ3v) is 11.1. The first-order chi connectivity index (χ1) is 15.6. The van der Waals surface area contributed by atoms with Crippen molar-refractivity contribution in [2.45, 2.75) is 82.8 Å². The van der Waals surface area contributed by atoms with E-state index >= 15 is 0 Å². The van der Waals surface area contributed by atoms with E-state index in [2.05, 4.69) is 33.9 Å². The Morgan fingerprint density at radius 3 is 1.76 bits per heavy atom. The van der Waals surface area contributed by atoms with Crippen LogP contribution in [0, 0.1) is 0 Å². The van der Waals surface area contributed by atoms with E-state index in [1.807, 2.05) is 60.7 Å². The maximum absolute atomic E-state index is 10.9. The first-order valence-corrected chi connectivity index (χ1v) is 14.5. The van der Waals surface area contributed by atoms with Crippen molar-refractivity contribution in [1.82, 2.24) is 0 Å². The van der Waals surface area contributed by atoms with Crippen LogP contribution in [0.5, 0.6) is 0 Å². The van der Waals surface area contributed by atoms with Gasteiger partial charge in [-0.05, 0) is 29.3 Å². The van der Waals surface area contributed by atoms with Crippen molar-refractivity contribution >= 4 is 8.32 Å². The van der Waals surface area contributed by atoms with Crippen LogP contribution in [-0.2, 0) is 31.9 Å². The number of rotatable bonds is 9. The molecule has 0 radical (unpaired) electrons. The monoisotopic (exact) mass is 474 g/mol. The summed E-state index contributed by atoms with van der Waals surface area (Å²) < 4.78 is 25.0. The van der Waals surface area contributed by atoms with Crippen LogP contribution < -0.4 is 0 Å². The molecule has 0 aliphatic carbocycles. The van der Waals surface area contributed by atoms with Gasteiger partial charge in [0, 0.05) is 0 Å². The highest BCUT2D eigenvalue weighted by atomic mass is 28.4. The molecular formula is C26H38O6Si. The summed E-state index contributed by atoms with van der Waals surface area (Å²) in [7, 11) is -2.27. The zero-order chi connectivity index (χ0) is 24.1. The molecule has 1 aliphatic heterocycles. The highest BCUT2D eigenvalue weighted by molar-refractivity contribution is 6.74. The lowest BCUT2D eigenvalue weighted by Crippen LogP contribution is -2.63. The van der Waals surface area contributed by atoms with Gasteiger partial charge in [0.15, 0.2) is 14.6 Å². The summed E-state index contributed by atoms with van der Waals surface area (Å²) >= 11 is 0. The molecule has 2 N–H and O–H groups in total. The predicted molar refractivity (Wildman–Crippen MR) is 130 cm³/mol. The Hall–Kier alpha value is -1.58. The van der Waals surface area contributed by atoms with Gasteiger partial charge in [-0.15, -0.1) is 0 Å². The van der Waals surface area contributed by atoms with E-state index in [1.54, 1.807) is 0 Å². The molecule has 182 valence electrons. The molecule has 6 nitrogen and oxygen atoms in total. The van der Waals surface area contributed by atoms with Gasteiger partial charge in [-0.1, -0.05) is 81.4 Å². The molecule has 3 rings (SSSR count). The van der Waals surface area contributed by atoms with Gasteiger partial charge in [0.1, 0.15) is 24.4 Å². The van der Waals surface area contributed by atoms with Crippen molar-refractivity contribution in [3.8, 4) is 0 Å². The predicted octanol–water partition coefficient (Wildman–Crippen LogP) is 4.26. The third-order valence-electron chi connectivity index (χ3n) is 6.60. The summed E-state index contributed by atoms with van der Waals surface area (Å²) in [6, 6.07) is 19.7. The van der Waals surface area contributed by atoms with E-state index < -0.39 is 39.0 Å². The fraction of sp³-hybridized carbons (Fsp3) is 0.538. The summed E-state index contributed by atoms with van der Waals surface area (Å²) in [5.74, 6) is 0. The summed E-state index contributed by atoms with van der Waals surface area (Å²) in [6.07, 6.45) is -3.93. The molecule has 0 spiro atoms. The molecule has 0 amide bonds. The standard InChI is InChI=1S/C26H38O6Si/c1-26(2,3)33(4,5)32-24-23(30-18-20-14-10-7-11-15-20)22(21(16-27)31-25(24)28)29-17-19-12-8-6-9-13-19/h6-15,21-25,27-28H,16-18H2,1-5H3/t21-,22-,23+,24-,25?/m1/s1. The Kier molecular flexibility index (Phi) is 8.86. The number of hydrogen-bond donors (Lipinski definition) is 2. The van der Waals surface area contributed by atoms with Crippen LogP contribution in [0.3, 0.4) is 0 Å². The Morgan fingerprint density at radius 2 is 1.30 bits per heavy atom. The molecule has 2 aromatic rings.